The number of hydrogen-bond donors (Lipinski definition) is 4. The van der Waals surface area contributed by atoms with Gasteiger partial charge in [0.25, 0.3) is 0 Å². The Bertz CT molecular complexity index is 1070. The van der Waals surface area contributed by atoms with Crippen LogP contribution in [0.1, 0.15) is 6.42 Å². The average Bonchev–Trinajstić information content (AvgIpc) is 3.40. The fourth-order valence-corrected chi connectivity index (χ4v) is 3.60. The molecule has 1 aliphatic heterocycles. The molecule has 1 aromatic carbocycles. The highest BCUT2D eigenvalue weighted by molar-refractivity contribution is 5.95. The van der Waals surface area contributed by atoms with Crippen LogP contribution in [0.4, 0.5) is 5.69 Å². The van der Waals surface area contributed by atoms with Crippen molar-refractivity contribution in [2.45, 2.75) is 12.5 Å². The lowest BCUT2D eigenvalue weighted by molar-refractivity contribution is -0.115. The quantitative estimate of drug-likeness (QED) is 0.576. The number of aromatic amines is 2. The minimum absolute atomic E-state index is 0.0783. The topological polar surface area (TPSA) is 98.5 Å². The Balaban J connectivity index is 1.33. The maximum Gasteiger partial charge on any atom is 0.228 e. The van der Waals surface area contributed by atoms with Crippen LogP contribution in [-0.4, -0.2) is 32.1 Å². The van der Waals surface area contributed by atoms with Crippen molar-refractivity contribution in [2.75, 3.05) is 5.32 Å². The minimum atomic E-state index is -0.0783. The minimum Gasteiger partial charge on any atom is -0.384 e. The lowest BCUT2D eigenvalue weighted by Crippen LogP contribution is -2.25. The Morgan fingerprint density at radius 2 is 2.07 bits per heavy atom. The maximum absolute atomic E-state index is 12.6. The number of H-pyrrole nitrogens is 2. The van der Waals surface area contributed by atoms with Crippen molar-refractivity contribution < 1.29 is 4.79 Å². The summed E-state index contributed by atoms with van der Waals surface area (Å²) in [6, 6.07) is 8.02. The van der Waals surface area contributed by atoms with Crippen LogP contribution < -0.4 is 10.6 Å². The summed E-state index contributed by atoms with van der Waals surface area (Å²) in [6.07, 6.45) is 12.2. The summed E-state index contributed by atoms with van der Waals surface area (Å²) in [5, 5.41) is 13.3. The number of nitrogens with one attached hydrogen (secondary N) is 4. The Morgan fingerprint density at radius 1 is 1.19 bits per heavy atom. The molecule has 3 aromatic rings. The zero-order valence-corrected chi connectivity index (χ0v) is 14.4. The molecule has 3 heterocycles. The average molecular weight is 358 g/mol. The molecule has 0 saturated heterocycles. The number of nitrogens with zero attached hydrogens (tertiary/aromatic N) is 2. The van der Waals surface area contributed by atoms with E-state index in [2.05, 4.69) is 43.0 Å². The molecule has 0 fully saturated rings. The maximum atomic E-state index is 12.6. The number of allylic oxidation sites excluding steroid dienone is 2. The zero-order chi connectivity index (χ0) is 18.2. The Kier molecular flexibility index (Phi) is 3.64. The van der Waals surface area contributed by atoms with Crippen LogP contribution in [0, 0.1) is 5.92 Å². The lowest BCUT2D eigenvalue weighted by Gasteiger charge is -2.18. The van der Waals surface area contributed by atoms with E-state index in [4.69, 9.17) is 0 Å². The van der Waals surface area contributed by atoms with E-state index < -0.39 is 0 Å². The van der Waals surface area contributed by atoms with Gasteiger partial charge in [0, 0.05) is 12.1 Å². The number of benzene rings is 1. The van der Waals surface area contributed by atoms with E-state index in [1.165, 1.54) is 0 Å². The molecule has 134 valence electrons. The Labute approximate surface area is 155 Å². The van der Waals surface area contributed by atoms with E-state index in [1.807, 2.05) is 42.6 Å². The summed E-state index contributed by atoms with van der Waals surface area (Å²) in [5.41, 5.74) is 4.07. The van der Waals surface area contributed by atoms with Gasteiger partial charge in [-0.3, -0.25) is 9.89 Å². The van der Waals surface area contributed by atoms with Gasteiger partial charge in [-0.1, -0.05) is 36.4 Å². The highest BCUT2D eigenvalue weighted by Gasteiger charge is 2.28. The van der Waals surface area contributed by atoms with Gasteiger partial charge in [0.2, 0.25) is 5.91 Å². The van der Waals surface area contributed by atoms with Crippen molar-refractivity contribution in [3.05, 3.63) is 66.5 Å². The van der Waals surface area contributed by atoms with Crippen LogP contribution in [0.5, 0.6) is 0 Å². The fourth-order valence-electron chi connectivity index (χ4n) is 3.60. The molecular weight excluding hydrogens is 340 g/mol. The van der Waals surface area contributed by atoms with Crippen LogP contribution in [-0.2, 0) is 4.79 Å². The monoisotopic (exact) mass is 358 g/mol. The van der Waals surface area contributed by atoms with E-state index >= 15 is 0 Å². The zero-order valence-electron chi connectivity index (χ0n) is 14.4. The summed E-state index contributed by atoms with van der Waals surface area (Å²) in [5.74, 6) is 0.778. The first-order valence-electron chi connectivity index (χ1n) is 8.87. The second-order valence-corrected chi connectivity index (χ2v) is 6.68. The van der Waals surface area contributed by atoms with E-state index in [0.29, 0.717) is 23.6 Å². The molecule has 27 heavy (non-hydrogen) atoms. The van der Waals surface area contributed by atoms with Gasteiger partial charge in [-0.2, -0.15) is 5.10 Å². The molecule has 7 nitrogen and oxygen atoms in total. The first-order chi connectivity index (χ1) is 13.3. The highest BCUT2D eigenvalue weighted by atomic mass is 16.1. The van der Waals surface area contributed by atoms with Gasteiger partial charge in [0.1, 0.15) is 0 Å². The fraction of sp³-hybridized carbons (Fsp3) is 0.150. The van der Waals surface area contributed by atoms with Gasteiger partial charge < -0.3 is 15.6 Å². The number of carbonyl (C=O) groups is 1. The van der Waals surface area contributed by atoms with E-state index in [0.717, 1.165) is 16.6 Å². The number of imidazole rings is 1. The number of para-hydroxylation sites is 2. The molecule has 1 amide bonds. The molecule has 4 N–H and O–H groups in total. The van der Waals surface area contributed by atoms with Crippen LogP contribution in [0.25, 0.3) is 22.6 Å². The van der Waals surface area contributed by atoms with Gasteiger partial charge in [0.15, 0.2) is 11.5 Å². The van der Waals surface area contributed by atoms with Crippen molar-refractivity contribution in [2.24, 2.45) is 5.92 Å². The van der Waals surface area contributed by atoms with Gasteiger partial charge in [-0.25, -0.2) is 4.98 Å². The standard InChI is InChI=1S/C20H18N6O/c27-18(9-12-10-21-14-6-2-1-5-13(12)14)23-17-11-22-26-19(17)20-24-15-7-3-4-8-16(15)25-20/h1-8,10-11,13-14,21H,9H2,(H,22,26)(H,23,27)(H,24,25). The molecule has 0 radical (unpaired) electrons. The molecule has 0 saturated carbocycles. The summed E-state index contributed by atoms with van der Waals surface area (Å²) >= 11 is 0. The molecule has 1 aliphatic carbocycles. The molecule has 2 aliphatic rings. The number of hydrogen-bond acceptors (Lipinski definition) is 4. The number of aromatic nitrogens is 4. The number of anilines is 1. The van der Waals surface area contributed by atoms with E-state index in [1.54, 1.807) is 6.20 Å². The van der Waals surface area contributed by atoms with Crippen LogP contribution in [0.2, 0.25) is 0 Å². The first-order valence-corrected chi connectivity index (χ1v) is 8.87. The van der Waals surface area contributed by atoms with Crippen molar-refractivity contribution in [3.8, 4) is 11.5 Å². The third kappa shape index (κ3) is 2.83. The van der Waals surface area contributed by atoms with Gasteiger partial charge in [-0.15, -0.1) is 0 Å². The van der Waals surface area contributed by atoms with Crippen LogP contribution in [0.3, 0.4) is 0 Å². The summed E-state index contributed by atoms with van der Waals surface area (Å²) in [7, 11) is 0. The predicted molar refractivity (Wildman–Crippen MR) is 104 cm³/mol. The Morgan fingerprint density at radius 3 is 3.00 bits per heavy atom. The highest BCUT2D eigenvalue weighted by Crippen LogP contribution is 2.30. The number of fused-ring (bicyclic) bond motifs is 2. The molecule has 2 atom stereocenters. The second-order valence-electron chi connectivity index (χ2n) is 6.68. The molecule has 7 heteroatoms. The lowest BCUT2D eigenvalue weighted by atomic mass is 9.89. The molecule has 2 unspecified atom stereocenters. The van der Waals surface area contributed by atoms with E-state index in [-0.39, 0.29) is 17.9 Å². The third-order valence-electron chi connectivity index (χ3n) is 4.92. The van der Waals surface area contributed by atoms with Crippen LogP contribution >= 0.6 is 0 Å². The van der Waals surface area contributed by atoms with Gasteiger partial charge in [0.05, 0.1) is 29.2 Å². The smallest absolute Gasteiger partial charge is 0.228 e. The number of rotatable bonds is 4. The predicted octanol–water partition coefficient (Wildman–Crippen LogP) is 2.88. The molecule has 0 spiro atoms. The summed E-state index contributed by atoms with van der Waals surface area (Å²) in [4.78, 5) is 20.4. The molecule has 5 rings (SSSR count). The number of carbonyl (C=O) groups excluding carboxylic acids is 1. The summed E-state index contributed by atoms with van der Waals surface area (Å²) < 4.78 is 0. The van der Waals surface area contributed by atoms with Crippen LogP contribution in [0.15, 0.2) is 66.5 Å². The second kappa shape index (κ2) is 6.28. The van der Waals surface area contributed by atoms with Gasteiger partial charge >= 0.3 is 0 Å². The van der Waals surface area contributed by atoms with Crippen molar-refractivity contribution in [1.82, 2.24) is 25.5 Å². The van der Waals surface area contributed by atoms with Crippen molar-refractivity contribution in [3.63, 3.8) is 0 Å². The molecule has 2 aromatic heterocycles. The largest absolute Gasteiger partial charge is 0.384 e. The molecular formula is C20H18N6O. The summed E-state index contributed by atoms with van der Waals surface area (Å²) in [6.45, 7) is 0. The molecule has 0 bridgehead atoms. The SMILES string of the molecule is O=C(CC1=CNC2C=CC=CC12)Nc1c[nH]nc1-c1nc2ccccc2[nH]1. The Hall–Kier alpha value is -3.61. The number of amides is 1. The van der Waals surface area contributed by atoms with E-state index in [9.17, 15) is 4.79 Å². The van der Waals surface area contributed by atoms with Crippen molar-refractivity contribution >= 4 is 22.6 Å². The third-order valence-corrected chi connectivity index (χ3v) is 4.92. The van der Waals surface area contributed by atoms with Crippen molar-refractivity contribution in [1.29, 1.82) is 0 Å². The van der Waals surface area contributed by atoms with Gasteiger partial charge in [-0.05, 0) is 23.9 Å². The first kappa shape index (κ1) is 15.6. The normalized spacial score (nSPS) is 20.4.